The minimum absolute atomic E-state index is 0.0911. The van der Waals surface area contributed by atoms with Crippen LogP contribution < -0.4 is 23.8 Å². The fourth-order valence-corrected chi connectivity index (χ4v) is 6.25. The zero-order chi connectivity index (χ0) is 32.4. The first-order valence-corrected chi connectivity index (χ1v) is 16.0. The van der Waals surface area contributed by atoms with Crippen molar-refractivity contribution in [2.75, 3.05) is 31.7 Å². The highest BCUT2D eigenvalue weighted by molar-refractivity contribution is 7.92. The molecule has 238 valence electrons. The first-order valence-electron chi connectivity index (χ1n) is 14.6. The van der Waals surface area contributed by atoms with Gasteiger partial charge in [-0.05, 0) is 76.1 Å². The summed E-state index contributed by atoms with van der Waals surface area (Å²) in [5.41, 5.74) is 2.08. The van der Waals surface area contributed by atoms with Crippen LogP contribution in [-0.4, -0.2) is 64.6 Å². The van der Waals surface area contributed by atoms with Gasteiger partial charge in [0.15, 0.2) is 11.5 Å². The van der Waals surface area contributed by atoms with E-state index in [0.717, 1.165) is 15.4 Å². The van der Waals surface area contributed by atoms with E-state index in [-0.39, 0.29) is 34.8 Å². The molecule has 11 heteroatoms. The summed E-state index contributed by atoms with van der Waals surface area (Å²) in [5, 5.41) is 2.90. The number of aryl methyl sites for hydroxylation is 1. The predicted octanol–water partition coefficient (Wildman–Crippen LogP) is 4.94. The Morgan fingerprint density at radius 2 is 1.59 bits per heavy atom. The lowest BCUT2D eigenvalue weighted by molar-refractivity contribution is -0.140. The van der Waals surface area contributed by atoms with Crippen LogP contribution in [0.4, 0.5) is 5.69 Å². The van der Waals surface area contributed by atoms with Crippen LogP contribution in [0.2, 0.25) is 0 Å². The third kappa shape index (κ3) is 8.43. The number of nitrogens with one attached hydrogen (secondary N) is 1. The van der Waals surface area contributed by atoms with Gasteiger partial charge in [-0.15, -0.1) is 0 Å². The number of sulfonamides is 1. The van der Waals surface area contributed by atoms with Crippen LogP contribution in [0, 0.1) is 6.92 Å². The Morgan fingerprint density at radius 1 is 0.909 bits per heavy atom. The number of hydrogen-bond acceptors (Lipinski definition) is 7. The minimum atomic E-state index is -4.31. The molecule has 44 heavy (non-hydrogen) atoms. The third-order valence-electron chi connectivity index (χ3n) is 6.91. The zero-order valence-corrected chi connectivity index (χ0v) is 27.3. The van der Waals surface area contributed by atoms with Crippen molar-refractivity contribution in [2.45, 2.75) is 64.6 Å². The van der Waals surface area contributed by atoms with Gasteiger partial charge in [-0.2, -0.15) is 0 Å². The minimum Gasteiger partial charge on any atom is -0.494 e. The normalized spacial score (nSPS) is 11.9. The number of amides is 2. The number of hydrogen-bond donors (Lipinski definition) is 1. The molecule has 0 aliphatic heterocycles. The summed E-state index contributed by atoms with van der Waals surface area (Å²) in [5.74, 6) is 0.308. The van der Waals surface area contributed by atoms with Gasteiger partial charge >= 0.3 is 0 Å². The second-order valence-electron chi connectivity index (χ2n) is 10.6. The van der Waals surface area contributed by atoms with Gasteiger partial charge in [-0.1, -0.05) is 36.8 Å². The van der Waals surface area contributed by atoms with Crippen molar-refractivity contribution in [2.24, 2.45) is 0 Å². The molecule has 0 aromatic heterocycles. The molecule has 3 rings (SSSR count). The predicted molar refractivity (Wildman–Crippen MR) is 171 cm³/mol. The van der Waals surface area contributed by atoms with Crippen LogP contribution >= 0.6 is 0 Å². The number of nitrogens with zero attached hydrogens (tertiary/aromatic N) is 2. The summed E-state index contributed by atoms with van der Waals surface area (Å²) in [7, 11) is -1.44. The summed E-state index contributed by atoms with van der Waals surface area (Å²) in [6, 6.07) is 17.4. The van der Waals surface area contributed by atoms with E-state index in [0.29, 0.717) is 24.5 Å². The van der Waals surface area contributed by atoms with Gasteiger partial charge < -0.3 is 24.4 Å². The van der Waals surface area contributed by atoms with Crippen LogP contribution in [0.15, 0.2) is 71.6 Å². The van der Waals surface area contributed by atoms with Crippen molar-refractivity contribution in [1.29, 1.82) is 0 Å². The van der Waals surface area contributed by atoms with Gasteiger partial charge in [0.25, 0.3) is 10.0 Å². The Kier molecular flexibility index (Phi) is 12.0. The number of carbonyl (C=O) groups excluding carboxylic acids is 2. The van der Waals surface area contributed by atoms with E-state index in [1.54, 1.807) is 24.3 Å². The zero-order valence-electron chi connectivity index (χ0n) is 26.5. The average molecular weight is 626 g/mol. The Hall–Kier alpha value is -4.25. The Morgan fingerprint density at radius 3 is 2.16 bits per heavy atom. The number of ether oxygens (including phenoxy) is 3. The van der Waals surface area contributed by atoms with Gasteiger partial charge in [0, 0.05) is 18.7 Å². The second kappa shape index (κ2) is 15.5. The largest absolute Gasteiger partial charge is 0.494 e. The van der Waals surface area contributed by atoms with E-state index >= 15 is 0 Å². The van der Waals surface area contributed by atoms with E-state index in [4.69, 9.17) is 14.2 Å². The maximum Gasteiger partial charge on any atom is 0.264 e. The lowest BCUT2D eigenvalue weighted by Crippen LogP contribution is -2.53. The van der Waals surface area contributed by atoms with Gasteiger partial charge in [-0.25, -0.2) is 8.42 Å². The van der Waals surface area contributed by atoms with E-state index in [2.05, 4.69) is 5.32 Å². The number of benzene rings is 3. The summed E-state index contributed by atoms with van der Waals surface area (Å²) in [6.07, 6.45) is 0.335. The first-order chi connectivity index (χ1) is 20.9. The number of anilines is 1. The molecule has 1 atom stereocenters. The molecule has 0 aliphatic carbocycles. The van der Waals surface area contributed by atoms with Crippen LogP contribution in [0.1, 0.15) is 45.2 Å². The van der Waals surface area contributed by atoms with Gasteiger partial charge in [0.2, 0.25) is 11.8 Å². The molecule has 3 aromatic carbocycles. The molecule has 2 amide bonds. The molecule has 0 aliphatic rings. The smallest absolute Gasteiger partial charge is 0.264 e. The Balaban J connectivity index is 2.12. The van der Waals surface area contributed by atoms with Crippen LogP contribution in [-0.2, 0) is 26.2 Å². The molecular formula is C33H43N3O7S. The summed E-state index contributed by atoms with van der Waals surface area (Å²) < 4.78 is 45.7. The molecule has 0 fully saturated rings. The highest BCUT2D eigenvalue weighted by Gasteiger charge is 2.34. The molecule has 0 radical (unpaired) electrons. The fourth-order valence-electron chi connectivity index (χ4n) is 4.82. The monoisotopic (exact) mass is 625 g/mol. The van der Waals surface area contributed by atoms with Gasteiger partial charge in [-0.3, -0.25) is 13.9 Å². The van der Waals surface area contributed by atoms with Crippen molar-refractivity contribution in [3.63, 3.8) is 0 Å². The molecule has 0 saturated carbocycles. The average Bonchev–Trinajstić information content (AvgIpc) is 2.99. The molecular weight excluding hydrogens is 582 g/mol. The van der Waals surface area contributed by atoms with E-state index in [1.165, 1.54) is 37.3 Å². The molecule has 0 unspecified atom stereocenters. The fraction of sp³-hybridized carbons (Fsp3) is 0.394. The van der Waals surface area contributed by atoms with Crippen molar-refractivity contribution in [1.82, 2.24) is 10.2 Å². The number of methoxy groups -OCH3 is 2. The van der Waals surface area contributed by atoms with E-state index in [9.17, 15) is 18.0 Å². The molecule has 0 saturated heterocycles. The Bertz CT molecular complexity index is 1520. The van der Waals surface area contributed by atoms with Crippen molar-refractivity contribution < 1.29 is 32.2 Å². The maximum atomic E-state index is 14.2. The first kappa shape index (κ1) is 34.2. The molecule has 0 spiro atoms. The molecule has 0 heterocycles. The maximum absolute atomic E-state index is 14.2. The lowest BCUT2D eigenvalue weighted by atomic mass is 10.1. The number of rotatable bonds is 15. The highest BCUT2D eigenvalue weighted by Crippen LogP contribution is 2.33. The lowest BCUT2D eigenvalue weighted by Gasteiger charge is -2.33. The SMILES string of the molecule is CCOc1ccc(N(CC(=O)N(Cc2cccc(C)c2)[C@H](CC)C(=O)NC(C)C)S(=O)(=O)c2ccc(OC)c(OC)c2)cc1. The summed E-state index contributed by atoms with van der Waals surface area (Å²) >= 11 is 0. The van der Waals surface area contributed by atoms with Gasteiger partial charge in [0.05, 0.1) is 31.4 Å². The Labute approximate surface area is 261 Å². The van der Waals surface area contributed by atoms with Crippen LogP contribution in [0.3, 0.4) is 0 Å². The van der Waals surface area contributed by atoms with Crippen LogP contribution in [0.5, 0.6) is 17.2 Å². The third-order valence-corrected chi connectivity index (χ3v) is 8.68. The van der Waals surface area contributed by atoms with Crippen molar-refractivity contribution in [3.05, 3.63) is 77.9 Å². The standard InChI is InChI=1S/C33H43N3O7S/c1-8-29(33(38)34-23(3)4)35(21-25-12-10-11-24(5)19-25)32(37)22-36(26-13-15-27(16-14-26)43-9-2)44(39,40)28-17-18-30(41-6)31(20-28)42-7/h10-20,23,29H,8-9,21-22H2,1-7H3,(H,34,38)/t29-/m1/s1. The molecule has 0 bridgehead atoms. The number of carbonyl (C=O) groups is 2. The topological polar surface area (TPSA) is 114 Å². The molecule has 10 nitrogen and oxygen atoms in total. The van der Waals surface area contributed by atoms with E-state index in [1.807, 2.05) is 58.9 Å². The van der Waals surface area contributed by atoms with Crippen LogP contribution in [0.25, 0.3) is 0 Å². The van der Waals surface area contributed by atoms with Crippen molar-refractivity contribution in [3.8, 4) is 17.2 Å². The summed E-state index contributed by atoms with van der Waals surface area (Å²) in [6.45, 7) is 9.33. The second-order valence-corrected chi connectivity index (χ2v) is 12.4. The molecule has 1 N–H and O–H groups in total. The van der Waals surface area contributed by atoms with Crippen molar-refractivity contribution >= 4 is 27.5 Å². The quantitative estimate of drug-likeness (QED) is 0.255. The van der Waals surface area contributed by atoms with E-state index < -0.39 is 28.5 Å². The molecule has 3 aromatic rings. The highest BCUT2D eigenvalue weighted by atomic mass is 32.2. The summed E-state index contributed by atoms with van der Waals surface area (Å²) in [4.78, 5) is 28.9. The van der Waals surface area contributed by atoms with Gasteiger partial charge in [0.1, 0.15) is 18.3 Å².